The van der Waals surface area contributed by atoms with E-state index in [0.29, 0.717) is 37.9 Å². The largest absolute Gasteiger partial charge is 0.481 e. The van der Waals surface area contributed by atoms with Crippen molar-refractivity contribution in [2.75, 3.05) is 25.6 Å². The fourth-order valence-corrected chi connectivity index (χ4v) is 9.51. The molecule has 0 saturated carbocycles. The molecule has 0 spiro atoms. The van der Waals surface area contributed by atoms with Crippen molar-refractivity contribution in [3.63, 3.8) is 0 Å². The zero-order valence-electron chi connectivity index (χ0n) is 43.8. The smallest absolute Gasteiger partial charge is 0.462 e. The van der Waals surface area contributed by atoms with Gasteiger partial charge in [-0.25, -0.2) is 13.9 Å². The second-order valence-corrected chi connectivity index (χ2v) is 21.1. The van der Waals surface area contributed by atoms with Crippen molar-refractivity contribution >= 4 is 33.4 Å². The number of allylic oxidation sites excluding steroid dienone is 14. The van der Waals surface area contributed by atoms with Crippen molar-refractivity contribution in [3.8, 4) is 0 Å². The van der Waals surface area contributed by atoms with Gasteiger partial charge in [0.15, 0.2) is 12.3 Å². The number of hydrogen-bond acceptors (Lipinski definition) is 16. The SMILES string of the molecule is CC/C=C\CC1OC1C/C=C\C/C=C\C/C=C\C/C=C\CCC(=O)OC[C@H](COP(=O)(O)OP(=O)(O)OC[C@H]1O[C@@H](n2ccc(N)nc2=O)[C@H](O)[C@@H]1O)OC(=O)CCC/C=C\C/C=C\C/C=C\CCCCCCCC. The molecule has 6 N–H and O–H groups in total. The lowest BCUT2D eigenvalue weighted by Crippen LogP contribution is -2.36. The predicted octanol–water partition coefficient (Wildman–Crippen LogP) is 10.2. The zero-order valence-corrected chi connectivity index (χ0v) is 45.5. The van der Waals surface area contributed by atoms with Crippen LogP contribution in [-0.2, 0) is 51.0 Å². The first-order valence-electron chi connectivity index (χ1n) is 26.4. The maximum absolute atomic E-state index is 12.9. The van der Waals surface area contributed by atoms with E-state index < -0.39 is 83.7 Å². The van der Waals surface area contributed by atoms with Gasteiger partial charge in [0.25, 0.3) is 0 Å². The maximum atomic E-state index is 12.9. The Bertz CT molecular complexity index is 2210. The van der Waals surface area contributed by atoms with Crippen LogP contribution in [0, 0.1) is 0 Å². The third-order valence-corrected chi connectivity index (χ3v) is 14.2. The Hall–Kier alpha value is -4.36. The molecule has 1 aromatic heterocycles. The number of epoxide rings is 1. The van der Waals surface area contributed by atoms with Crippen molar-refractivity contribution in [2.24, 2.45) is 0 Å². The number of unbranched alkanes of at least 4 members (excludes halogenated alkanes) is 7. The molecule has 75 heavy (non-hydrogen) atoms. The van der Waals surface area contributed by atoms with E-state index in [-0.39, 0.29) is 18.7 Å². The molecular weight excluding hydrogens is 1010 g/mol. The number of nitrogen functional groups attached to an aromatic ring is 1. The molecule has 0 bridgehead atoms. The number of phosphoric ester groups is 2. The van der Waals surface area contributed by atoms with Crippen LogP contribution in [0.1, 0.15) is 148 Å². The molecule has 0 radical (unpaired) electrons. The molecule has 3 rings (SSSR count). The highest BCUT2D eigenvalue weighted by molar-refractivity contribution is 7.61. The number of nitrogens with two attached hydrogens (primary N) is 1. The van der Waals surface area contributed by atoms with Crippen LogP contribution >= 0.6 is 15.6 Å². The summed E-state index contributed by atoms with van der Waals surface area (Å²) in [5, 5.41) is 20.9. The molecule has 2 fully saturated rings. The van der Waals surface area contributed by atoms with Crippen LogP contribution in [0.5, 0.6) is 0 Å². The molecule has 420 valence electrons. The molecule has 19 nitrogen and oxygen atoms in total. The van der Waals surface area contributed by atoms with Gasteiger partial charge in [-0.15, -0.1) is 0 Å². The van der Waals surface area contributed by atoms with Crippen LogP contribution in [0.15, 0.2) is 114 Å². The standard InChI is InChI=1S/C54H83N3O16P2/c1-3-5-7-8-9-10-11-12-13-14-15-16-21-24-27-30-34-38-50(59)70-44(41-67-49(58)37-33-29-26-23-20-18-17-19-22-25-28-32-36-46-45(71-46)35-31-6-4-2)42-68-74(63,64)73-75(65,66)69-43-47-51(60)52(61)53(72-47)57-40-39-48(55)56-54(57)62/h6,12-13,15-16,18-20,22,24,26-29,31-32,39-40,44-47,51-53,60-61H,3-5,7-11,14,17,21,23,25,30,33-38,41-43H2,1-2H3,(H,63,64)(H,65,66)(H2,55,56,62)/b13-12-,16-15-,20-18-,22-19-,27-24-,29-26-,31-6-,32-28-/t44-,45?,46?,47-,51-,52-,53-/m1/s1. The number of anilines is 1. The third kappa shape index (κ3) is 30.2. The Morgan fingerprint density at radius 3 is 1.83 bits per heavy atom. The number of carbonyl (C=O) groups excluding carboxylic acids is 2. The molecule has 0 aromatic carbocycles. The van der Waals surface area contributed by atoms with E-state index >= 15 is 0 Å². The number of esters is 2. The highest BCUT2D eigenvalue weighted by Crippen LogP contribution is 2.60. The number of carbonyl (C=O) groups is 2. The first-order valence-corrected chi connectivity index (χ1v) is 29.4. The second kappa shape index (κ2) is 38.2. The highest BCUT2D eigenvalue weighted by atomic mass is 31.3. The summed E-state index contributed by atoms with van der Waals surface area (Å²) in [5.41, 5.74) is 4.58. The van der Waals surface area contributed by atoms with E-state index in [1.54, 1.807) is 0 Å². The molecule has 1 aromatic rings. The summed E-state index contributed by atoms with van der Waals surface area (Å²) in [6, 6.07) is 1.24. The monoisotopic (exact) mass is 1090 g/mol. The van der Waals surface area contributed by atoms with Gasteiger partial charge in [-0.05, 0) is 89.5 Å². The number of rotatable bonds is 41. The lowest BCUT2D eigenvalue weighted by Gasteiger charge is -2.21. The molecule has 2 saturated heterocycles. The number of aliphatic hydroxyl groups excluding tert-OH is 2. The van der Waals surface area contributed by atoms with Crippen LogP contribution < -0.4 is 11.4 Å². The van der Waals surface area contributed by atoms with Crippen molar-refractivity contribution < 1.29 is 71.0 Å². The predicted molar refractivity (Wildman–Crippen MR) is 288 cm³/mol. The lowest BCUT2D eigenvalue weighted by molar-refractivity contribution is -0.161. The second-order valence-electron chi connectivity index (χ2n) is 18.0. The summed E-state index contributed by atoms with van der Waals surface area (Å²) in [6.45, 7) is 1.90. The number of aromatic nitrogens is 2. The van der Waals surface area contributed by atoms with E-state index in [1.165, 1.54) is 44.6 Å². The van der Waals surface area contributed by atoms with Crippen molar-refractivity contribution in [1.82, 2.24) is 9.55 Å². The van der Waals surface area contributed by atoms with Gasteiger partial charge in [-0.1, -0.05) is 143 Å². The molecule has 0 amide bonds. The van der Waals surface area contributed by atoms with Crippen LogP contribution in [-0.4, -0.2) is 97.9 Å². The van der Waals surface area contributed by atoms with Crippen LogP contribution in [0.2, 0.25) is 0 Å². The first kappa shape index (κ1) is 64.9. The van der Waals surface area contributed by atoms with Gasteiger partial charge in [0, 0.05) is 19.0 Å². The summed E-state index contributed by atoms with van der Waals surface area (Å²) in [4.78, 5) is 61.9. The summed E-state index contributed by atoms with van der Waals surface area (Å²) in [7, 11) is -10.9. The van der Waals surface area contributed by atoms with Gasteiger partial charge in [0.2, 0.25) is 0 Å². The average Bonchev–Trinajstić information content (AvgIpc) is 4.06. The highest BCUT2D eigenvalue weighted by Gasteiger charge is 2.46. The zero-order chi connectivity index (χ0) is 54.6. The number of nitrogens with zero attached hydrogens (tertiary/aromatic N) is 2. The molecule has 0 aliphatic carbocycles. The maximum Gasteiger partial charge on any atom is 0.481 e. The molecule has 2 aliphatic heterocycles. The summed E-state index contributed by atoms with van der Waals surface area (Å²) < 4.78 is 62.4. The number of hydrogen-bond donors (Lipinski definition) is 5. The Balaban J connectivity index is 1.42. The molecule has 2 aliphatic rings. The number of ether oxygens (including phenoxy) is 4. The molecule has 21 heteroatoms. The van der Waals surface area contributed by atoms with Gasteiger partial charge >= 0.3 is 33.3 Å². The topological polar surface area (TPSA) is 278 Å². The summed E-state index contributed by atoms with van der Waals surface area (Å²) in [6.07, 6.45) is 44.1. The van der Waals surface area contributed by atoms with E-state index in [1.807, 2.05) is 30.4 Å². The Morgan fingerprint density at radius 1 is 0.667 bits per heavy atom. The minimum Gasteiger partial charge on any atom is -0.462 e. The Morgan fingerprint density at radius 2 is 1.21 bits per heavy atom. The molecule has 9 atom stereocenters. The summed E-state index contributed by atoms with van der Waals surface area (Å²) in [5.74, 6) is -1.48. The lowest BCUT2D eigenvalue weighted by atomic mass is 10.1. The number of phosphoric acid groups is 2. The van der Waals surface area contributed by atoms with Crippen molar-refractivity contribution in [2.45, 2.75) is 185 Å². The van der Waals surface area contributed by atoms with Gasteiger partial charge < -0.3 is 44.7 Å². The molecular formula is C54H83N3O16P2. The third-order valence-electron chi connectivity index (χ3n) is 11.6. The van der Waals surface area contributed by atoms with E-state index in [0.717, 1.165) is 62.1 Å². The summed E-state index contributed by atoms with van der Waals surface area (Å²) >= 11 is 0. The fourth-order valence-electron chi connectivity index (χ4n) is 7.40. The quantitative estimate of drug-likeness (QED) is 0.0134. The Labute approximate surface area is 443 Å². The minimum atomic E-state index is -5.46. The van der Waals surface area contributed by atoms with Crippen LogP contribution in [0.25, 0.3) is 0 Å². The normalized spacial score (nSPS) is 22.3. The first-order chi connectivity index (χ1) is 36.1. The van der Waals surface area contributed by atoms with E-state index in [9.17, 15) is 43.5 Å². The van der Waals surface area contributed by atoms with Crippen molar-refractivity contribution in [3.05, 3.63) is 120 Å². The number of aliphatic hydroxyl groups is 2. The van der Waals surface area contributed by atoms with Gasteiger partial charge in [-0.3, -0.25) is 23.2 Å². The van der Waals surface area contributed by atoms with Gasteiger partial charge in [-0.2, -0.15) is 9.29 Å². The van der Waals surface area contributed by atoms with E-state index in [2.05, 4.69) is 90.0 Å². The van der Waals surface area contributed by atoms with Crippen LogP contribution in [0.4, 0.5) is 5.82 Å². The van der Waals surface area contributed by atoms with Crippen LogP contribution in [0.3, 0.4) is 0 Å². The Kier molecular flexibility index (Phi) is 33.1. The fraction of sp³-hybridized carbons (Fsp3) is 0.593. The van der Waals surface area contributed by atoms with Crippen molar-refractivity contribution in [1.29, 1.82) is 0 Å². The minimum absolute atomic E-state index is 0.0175. The average molecular weight is 1090 g/mol. The van der Waals surface area contributed by atoms with E-state index in [4.69, 9.17) is 33.7 Å². The molecule has 4 unspecified atom stereocenters. The van der Waals surface area contributed by atoms with Gasteiger partial charge in [0.1, 0.15) is 30.7 Å². The molecule has 3 heterocycles. The van der Waals surface area contributed by atoms with Gasteiger partial charge in [0.05, 0.1) is 25.4 Å².